The molecule has 2 aromatic carbocycles. The van der Waals surface area contributed by atoms with Crippen LogP contribution in [-0.2, 0) is 11.3 Å². The summed E-state index contributed by atoms with van der Waals surface area (Å²) in [6.07, 6.45) is 1.23. The molecule has 0 aromatic heterocycles. The van der Waals surface area contributed by atoms with Crippen LogP contribution in [0, 0.1) is 0 Å². The van der Waals surface area contributed by atoms with Crippen LogP contribution >= 0.6 is 11.6 Å². The topological polar surface area (TPSA) is 61.4 Å². The molecule has 0 bridgehead atoms. The Bertz CT molecular complexity index is 765. The van der Waals surface area contributed by atoms with E-state index in [4.69, 9.17) is 11.6 Å². The van der Waals surface area contributed by atoms with Crippen LogP contribution in [-0.4, -0.2) is 42.4 Å². The number of carbonyl (C=O) groups is 2. The second kappa shape index (κ2) is 9.53. The Labute approximate surface area is 164 Å². The van der Waals surface area contributed by atoms with E-state index in [1.807, 2.05) is 18.2 Å². The molecule has 1 heterocycles. The highest BCUT2D eigenvalue weighted by atomic mass is 35.5. The maximum absolute atomic E-state index is 12.1. The lowest BCUT2D eigenvalue weighted by molar-refractivity contribution is -0.121. The first kappa shape index (κ1) is 19.4. The standard InChI is InChI=1S/C21H24ClN3O2/c22-18-8-6-17(7-9-18)21(27)23-12-10-20(26)24-19-11-13-25(15-19)14-16-4-2-1-3-5-16/h1-9,19H,10-15H2,(H,23,27)(H,24,26). The van der Waals surface area contributed by atoms with Gasteiger partial charge in [-0.15, -0.1) is 0 Å². The van der Waals surface area contributed by atoms with E-state index < -0.39 is 0 Å². The smallest absolute Gasteiger partial charge is 0.251 e. The number of amides is 2. The van der Waals surface area contributed by atoms with Crippen molar-refractivity contribution in [2.45, 2.75) is 25.4 Å². The van der Waals surface area contributed by atoms with E-state index in [9.17, 15) is 9.59 Å². The Morgan fingerprint density at radius 3 is 2.56 bits per heavy atom. The van der Waals surface area contributed by atoms with Crippen LogP contribution in [0.1, 0.15) is 28.8 Å². The summed E-state index contributed by atoms with van der Waals surface area (Å²) in [4.78, 5) is 26.5. The Morgan fingerprint density at radius 2 is 1.81 bits per heavy atom. The van der Waals surface area contributed by atoms with E-state index in [2.05, 4.69) is 27.7 Å². The van der Waals surface area contributed by atoms with Gasteiger partial charge >= 0.3 is 0 Å². The predicted octanol–water partition coefficient (Wildman–Crippen LogP) is 2.85. The molecule has 1 unspecified atom stereocenters. The van der Waals surface area contributed by atoms with Gasteiger partial charge in [0.2, 0.25) is 5.91 Å². The molecule has 1 fully saturated rings. The third-order valence-electron chi connectivity index (χ3n) is 4.63. The molecule has 5 nitrogen and oxygen atoms in total. The Kier molecular flexibility index (Phi) is 6.85. The van der Waals surface area contributed by atoms with E-state index in [1.54, 1.807) is 24.3 Å². The first-order valence-electron chi connectivity index (χ1n) is 9.19. The van der Waals surface area contributed by atoms with Crippen molar-refractivity contribution in [1.82, 2.24) is 15.5 Å². The van der Waals surface area contributed by atoms with E-state index in [-0.39, 0.29) is 24.3 Å². The molecule has 1 saturated heterocycles. The summed E-state index contributed by atoms with van der Waals surface area (Å²) in [5.74, 6) is -0.229. The lowest BCUT2D eigenvalue weighted by Crippen LogP contribution is -2.38. The lowest BCUT2D eigenvalue weighted by atomic mass is 10.2. The van der Waals surface area contributed by atoms with Gasteiger partial charge < -0.3 is 10.6 Å². The fraction of sp³-hybridized carbons (Fsp3) is 0.333. The number of nitrogens with one attached hydrogen (secondary N) is 2. The Morgan fingerprint density at radius 1 is 1.07 bits per heavy atom. The van der Waals surface area contributed by atoms with Gasteiger partial charge in [-0.1, -0.05) is 41.9 Å². The van der Waals surface area contributed by atoms with Crippen LogP contribution in [0.2, 0.25) is 5.02 Å². The Hall–Kier alpha value is -2.37. The molecule has 0 saturated carbocycles. The third kappa shape index (κ3) is 6.08. The number of rotatable bonds is 7. The van der Waals surface area contributed by atoms with Crippen molar-refractivity contribution in [3.8, 4) is 0 Å². The minimum absolute atomic E-state index is 0.0297. The summed E-state index contributed by atoms with van der Waals surface area (Å²) < 4.78 is 0. The van der Waals surface area contributed by atoms with E-state index >= 15 is 0 Å². The van der Waals surface area contributed by atoms with Crippen LogP contribution in [0.15, 0.2) is 54.6 Å². The van der Waals surface area contributed by atoms with Crippen LogP contribution in [0.5, 0.6) is 0 Å². The van der Waals surface area contributed by atoms with Crippen molar-refractivity contribution < 1.29 is 9.59 Å². The summed E-state index contributed by atoms with van der Waals surface area (Å²) in [6, 6.07) is 17.2. The second-order valence-corrected chi connectivity index (χ2v) is 7.22. The van der Waals surface area contributed by atoms with Gasteiger partial charge in [-0.3, -0.25) is 14.5 Å². The number of hydrogen-bond acceptors (Lipinski definition) is 3. The van der Waals surface area contributed by atoms with Gasteiger partial charge in [0.05, 0.1) is 0 Å². The van der Waals surface area contributed by atoms with Crippen molar-refractivity contribution in [2.24, 2.45) is 0 Å². The summed E-state index contributed by atoms with van der Waals surface area (Å²) in [6.45, 7) is 3.06. The summed E-state index contributed by atoms with van der Waals surface area (Å²) in [5.41, 5.74) is 1.82. The van der Waals surface area contributed by atoms with Crippen molar-refractivity contribution in [2.75, 3.05) is 19.6 Å². The largest absolute Gasteiger partial charge is 0.352 e. The molecule has 27 heavy (non-hydrogen) atoms. The van der Waals surface area contributed by atoms with Crippen molar-refractivity contribution >= 4 is 23.4 Å². The quantitative estimate of drug-likeness (QED) is 0.770. The van der Waals surface area contributed by atoms with E-state index in [0.717, 1.165) is 26.1 Å². The fourth-order valence-corrected chi connectivity index (χ4v) is 3.35. The minimum atomic E-state index is -0.200. The van der Waals surface area contributed by atoms with Crippen molar-refractivity contribution in [3.63, 3.8) is 0 Å². The third-order valence-corrected chi connectivity index (χ3v) is 4.88. The fourth-order valence-electron chi connectivity index (χ4n) is 3.23. The van der Waals surface area contributed by atoms with Gasteiger partial charge in [-0.2, -0.15) is 0 Å². The molecule has 0 spiro atoms. The SMILES string of the molecule is O=C(CCNC(=O)c1ccc(Cl)cc1)NC1CCN(Cc2ccccc2)C1. The normalized spacial score (nSPS) is 16.9. The Balaban J connectivity index is 1.35. The number of carbonyl (C=O) groups excluding carboxylic acids is 2. The van der Waals surface area contributed by atoms with Gasteiger partial charge in [0.25, 0.3) is 5.91 Å². The summed E-state index contributed by atoms with van der Waals surface area (Å²) in [7, 11) is 0. The molecule has 2 amide bonds. The molecule has 2 aromatic rings. The lowest BCUT2D eigenvalue weighted by Gasteiger charge is -2.17. The zero-order valence-electron chi connectivity index (χ0n) is 15.2. The first-order chi connectivity index (χ1) is 13.1. The van der Waals surface area contributed by atoms with E-state index in [0.29, 0.717) is 17.1 Å². The predicted molar refractivity (Wildman–Crippen MR) is 107 cm³/mol. The number of nitrogens with zero attached hydrogens (tertiary/aromatic N) is 1. The van der Waals surface area contributed by atoms with Crippen LogP contribution in [0.3, 0.4) is 0 Å². The number of likely N-dealkylation sites (tertiary alicyclic amines) is 1. The average molecular weight is 386 g/mol. The second-order valence-electron chi connectivity index (χ2n) is 6.79. The van der Waals surface area contributed by atoms with Crippen molar-refractivity contribution in [3.05, 3.63) is 70.7 Å². The van der Waals surface area contributed by atoms with Gasteiger partial charge in [0, 0.05) is 49.2 Å². The van der Waals surface area contributed by atoms with Gasteiger partial charge in [0.1, 0.15) is 0 Å². The zero-order valence-corrected chi connectivity index (χ0v) is 15.9. The number of halogens is 1. The van der Waals surface area contributed by atoms with Gasteiger partial charge in [-0.05, 0) is 36.2 Å². The molecular formula is C21H24ClN3O2. The highest BCUT2D eigenvalue weighted by Gasteiger charge is 2.23. The molecule has 1 atom stereocenters. The molecule has 2 N–H and O–H groups in total. The van der Waals surface area contributed by atoms with Crippen LogP contribution < -0.4 is 10.6 Å². The minimum Gasteiger partial charge on any atom is -0.352 e. The molecule has 0 radical (unpaired) electrons. The summed E-state index contributed by atoms with van der Waals surface area (Å²) in [5, 5.41) is 6.42. The van der Waals surface area contributed by atoms with Crippen molar-refractivity contribution in [1.29, 1.82) is 0 Å². The monoisotopic (exact) mass is 385 g/mol. The first-order valence-corrected chi connectivity index (χ1v) is 9.57. The van der Waals surface area contributed by atoms with Crippen LogP contribution in [0.25, 0.3) is 0 Å². The van der Waals surface area contributed by atoms with Crippen LogP contribution in [0.4, 0.5) is 0 Å². The number of benzene rings is 2. The molecular weight excluding hydrogens is 362 g/mol. The average Bonchev–Trinajstić information content (AvgIpc) is 3.09. The highest BCUT2D eigenvalue weighted by molar-refractivity contribution is 6.30. The highest BCUT2D eigenvalue weighted by Crippen LogP contribution is 2.13. The zero-order chi connectivity index (χ0) is 19.1. The maximum atomic E-state index is 12.1. The van der Waals surface area contributed by atoms with Gasteiger partial charge in [-0.25, -0.2) is 0 Å². The van der Waals surface area contributed by atoms with E-state index in [1.165, 1.54) is 5.56 Å². The molecule has 1 aliphatic rings. The molecule has 1 aliphatic heterocycles. The summed E-state index contributed by atoms with van der Waals surface area (Å²) >= 11 is 5.81. The molecule has 142 valence electrons. The number of hydrogen-bond donors (Lipinski definition) is 2. The molecule has 0 aliphatic carbocycles. The molecule has 3 rings (SSSR count). The molecule has 6 heteroatoms. The maximum Gasteiger partial charge on any atom is 0.251 e. The van der Waals surface area contributed by atoms with Gasteiger partial charge in [0.15, 0.2) is 0 Å².